The first-order valence-corrected chi connectivity index (χ1v) is 7.11. The number of aromatic nitrogens is 4. The third-order valence-electron chi connectivity index (χ3n) is 2.79. The second kappa shape index (κ2) is 6.22. The average molecular weight is 294 g/mol. The van der Waals surface area contributed by atoms with Crippen molar-refractivity contribution in [1.29, 1.82) is 0 Å². The molecule has 0 bridgehead atoms. The van der Waals surface area contributed by atoms with Gasteiger partial charge in [-0.25, -0.2) is 0 Å². The number of nitrogens with one attached hydrogen (secondary N) is 1. The number of anilines is 1. The molecule has 0 aliphatic rings. The maximum Gasteiger partial charge on any atom is 0.247 e. The second-order valence-electron chi connectivity index (χ2n) is 5.99. The van der Waals surface area contributed by atoms with Crippen LogP contribution in [0.15, 0.2) is 30.3 Å². The topological polar surface area (TPSA) is 55.6 Å². The molecule has 0 aliphatic heterocycles. The number of hydrogen-bond donors (Lipinski definition) is 1. The summed E-state index contributed by atoms with van der Waals surface area (Å²) in [5.74, 6) is 0.607. The van der Waals surface area contributed by atoms with Crippen molar-refractivity contribution in [3.8, 4) is 5.69 Å². The number of para-hydroxylation sites is 1. The predicted octanol–water partition coefficient (Wildman–Crippen LogP) is 3.12. The lowest BCUT2D eigenvalue weighted by atomic mass is 9.90. The highest BCUT2D eigenvalue weighted by molar-refractivity contribution is 6.20. The fourth-order valence-electron chi connectivity index (χ4n) is 1.98. The van der Waals surface area contributed by atoms with Gasteiger partial charge in [0, 0.05) is 6.54 Å². The summed E-state index contributed by atoms with van der Waals surface area (Å²) in [6.07, 6.45) is 0.925. The Hall–Kier alpha value is -1.62. The normalized spacial score (nSPS) is 13.2. The van der Waals surface area contributed by atoms with E-state index in [9.17, 15) is 0 Å². The maximum absolute atomic E-state index is 6.34. The Kier molecular flexibility index (Phi) is 4.60. The first-order chi connectivity index (χ1) is 9.46. The molecule has 2 aromatic rings. The molecular weight excluding hydrogens is 274 g/mol. The quantitative estimate of drug-likeness (QED) is 0.861. The fraction of sp³-hybridized carbons (Fsp3) is 0.500. The smallest absolute Gasteiger partial charge is 0.247 e. The summed E-state index contributed by atoms with van der Waals surface area (Å²) in [5, 5.41) is 14.9. The van der Waals surface area contributed by atoms with Gasteiger partial charge in [-0.1, -0.05) is 44.1 Å². The molecule has 1 N–H and O–H groups in total. The van der Waals surface area contributed by atoms with Crippen LogP contribution in [-0.2, 0) is 0 Å². The number of nitrogens with zero attached hydrogens (tertiary/aromatic N) is 4. The van der Waals surface area contributed by atoms with E-state index in [0.717, 1.165) is 12.1 Å². The van der Waals surface area contributed by atoms with Crippen molar-refractivity contribution in [2.45, 2.75) is 32.6 Å². The van der Waals surface area contributed by atoms with E-state index in [1.54, 1.807) is 4.68 Å². The SMILES string of the molecule is CC(C)(C)CC(Cl)CNc1nnnn1-c1ccccc1. The number of alkyl halides is 1. The maximum atomic E-state index is 6.34. The Morgan fingerprint density at radius 2 is 1.95 bits per heavy atom. The van der Waals surface area contributed by atoms with Crippen molar-refractivity contribution in [2.24, 2.45) is 5.41 Å². The third kappa shape index (κ3) is 4.20. The summed E-state index contributed by atoms with van der Waals surface area (Å²) in [6, 6.07) is 9.76. The zero-order valence-corrected chi connectivity index (χ0v) is 12.8. The van der Waals surface area contributed by atoms with Crippen LogP contribution in [0.4, 0.5) is 5.95 Å². The Balaban J connectivity index is 2.00. The summed E-state index contributed by atoms with van der Waals surface area (Å²) in [4.78, 5) is 0. The van der Waals surface area contributed by atoms with Crippen LogP contribution in [0.2, 0.25) is 0 Å². The zero-order valence-electron chi connectivity index (χ0n) is 12.0. The lowest BCUT2D eigenvalue weighted by Gasteiger charge is -2.22. The number of benzene rings is 1. The summed E-state index contributed by atoms with van der Waals surface area (Å²) in [6.45, 7) is 7.16. The number of rotatable bonds is 5. The van der Waals surface area contributed by atoms with Gasteiger partial charge >= 0.3 is 0 Å². The standard InChI is InChI=1S/C14H20ClN5/c1-14(2,3)9-11(15)10-16-13-17-18-19-20(13)12-7-5-4-6-8-12/h4-8,11H,9-10H2,1-3H3,(H,16,17,19). The molecule has 2 rings (SSSR count). The highest BCUT2D eigenvalue weighted by atomic mass is 35.5. The lowest BCUT2D eigenvalue weighted by Crippen LogP contribution is -2.22. The molecule has 1 aromatic heterocycles. The summed E-state index contributed by atoms with van der Waals surface area (Å²) in [7, 11) is 0. The highest BCUT2D eigenvalue weighted by Crippen LogP contribution is 2.23. The Bertz CT molecular complexity index is 532. The largest absolute Gasteiger partial charge is 0.351 e. The highest BCUT2D eigenvalue weighted by Gasteiger charge is 2.17. The third-order valence-corrected chi connectivity index (χ3v) is 3.09. The van der Waals surface area contributed by atoms with Crippen LogP contribution < -0.4 is 5.32 Å². The van der Waals surface area contributed by atoms with Gasteiger partial charge in [-0.05, 0) is 34.4 Å². The fourth-order valence-corrected chi connectivity index (χ4v) is 2.52. The minimum absolute atomic E-state index is 0.0379. The number of halogens is 1. The van der Waals surface area contributed by atoms with E-state index in [1.807, 2.05) is 30.3 Å². The molecule has 1 atom stereocenters. The van der Waals surface area contributed by atoms with Crippen LogP contribution in [0.3, 0.4) is 0 Å². The Morgan fingerprint density at radius 1 is 1.25 bits per heavy atom. The van der Waals surface area contributed by atoms with Gasteiger partial charge in [0.25, 0.3) is 0 Å². The molecule has 1 aromatic carbocycles. The Morgan fingerprint density at radius 3 is 2.60 bits per heavy atom. The van der Waals surface area contributed by atoms with Crippen molar-refractivity contribution in [2.75, 3.05) is 11.9 Å². The van der Waals surface area contributed by atoms with Crippen molar-refractivity contribution < 1.29 is 0 Å². The monoisotopic (exact) mass is 293 g/mol. The van der Waals surface area contributed by atoms with Crippen molar-refractivity contribution >= 4 is 17.5 Å². The Labute approximate surface area is 124 Å². The average Bonchev–Trinajstić information content (AvgIpc) is 2.83. The van der Waals surface area contributed by atoms with Gasteiger partial charge in [0.15, 0.2) is 0 Å². The van der Waals surface area contributed by atoms with Gasteiger partial charge in [-0.15, -0.1) is 11.6 Å². The van der Waals surface area contributed by atoms with Crippen molar-refractivity contribution in [1.82, 2.24) is 20.2 Å². The molecule has 20 heavy (non-hydrogen) atoms. The first-order valence-electron chi connectivity index (χ1n) is 6.67. The van der Waals surface area contributed by atoms with Crippen LogP contribution in [-0.4, -0.2) is 32.1 Å². The van der Waals surface area contributed by atoms with Crippen molar-refractivity contribution in [3.05, 3.63) is 30.3 Å². The molecule has 0 aliphatic carbocycles. The minimum atomic E-state index is 0.0379. The van der Waals surface area contributed by atoms with Crippen LogP contribution in [0, 0.1) is 5.41 Å². The summed E-state index contributed by atoms with van der Waals surface area (Å²) < 4.78 is 1.67. The molecule has 0 saturated heterocycles. The number of tetrazole rings is 1. The van der Waals surface area contributed by atoms with E-state index in [1.165, 1.54) is 0 Å². The molecular formula is C14H20ClN5. The molecule has 108 valence electrons. The molecule has 1 heterocycles. The van der Waals surface area contributed by atoms with Gasteiger partial charge in [0.05, 0.1) is 11.1 Å². The zero-order chi connectivity index (χ0) is 14.6. The van der Waals surface area contributed by atoms with E-state index in [-0.39, 0.29) is 10.8 Å². The summed E-state index contributed by atoms with van der Waals surface area (Å²) in [5.41, 5.74) is 1.13. The second-order valence-corrected chi connectivity index (χ2v) is 6.61. The minimum Gasteiger partial charge on any atom is -0.351 e. The van der Waals surface area contributed by atoms with E-state index in [0.29, 0.717) is 12.5 Å². The number of hydrogen-bond acceptors (Lipinski definition) is 4. The lowest BCUT2D eigenvalue weighted by molar-refractivity contribution is 0.373. The van der Waals surface area contributed by atoms with Gasteiger partial charge in [0.1, 0.15) is 0 Å². The molecule has 0 saturated carbocycles. The first kappa shape index (κ1) is 14.8. The molecule has 6 heteroatoms. The molecule has 5 nitrogen and oxygen atoms in total. The van der Waals surface area contributed by atoms with Gasteiger partial charge in [-0.3, -0.25) is 0 Å². The van der Waals surface area contributed by atoms with Crippen LogP contribution >= 0.6 is 11.6 Å². The predicted molar refractivity (Wildman–Crippen MR) is 81.4 cm³/mol. The molecule has 0 spiro atoms. The van der Waals surface area contributed by atoms with Gasteiger partial charge < -0.3 is 5.32 Å². The van der Waals surface area contributed by atoms with E-state index < -0.39 is 0 Å². The molecule has 0 fully saturated rings. The molecule has 0 amide bonds. The summed E-state index contributed by atoms with van der Waals surface area (Å²) >= 11 is 6.34. The van der Waals surface area contributed by atoms with E-state index in [4.69, 9.17) is 11.6 Å². The van der Waals surface area contributed by atoms with Crippen molar-refractivity contribution in [3.63, 3.8) is 0 Å². The van der Waals surface area contributed by atoms with E-state index in [2.05, 4.69) is 41.6 Å². The van der Waals surface area contributed by atoms with Crippen LogP contribution in [0.25, 0.3) is 5.69 Å². The molecule has 1 unspecified atom stereocenters. The molecule has 0 radical (unpaired) electrons. The van der Waals surface area contributed by atoms with Crippen LogP contribution in [0.1, 0.15) is 27.2 Å². The van der Waals surface area contributed by atoms with E-state index >= 15 is 0 Å². The van der Waals surface area contributed by atoms with Crippen LogP contribution in [0.5, 0.6) is 0 Å². The van der Waals surface area contributed by atoms with Gasteiger partial charge in [0.2, 0.25) is 5.95 Å². The van der Waals surface area contributed by atoms with Gasteiger partial charge in [-0.2, -0.15) is 4.68 Å².